The molecule has 0 saturated heterocycles. The second kappa shape index (κ2) is 6.13. The van der Waals surface area contributed by atoms with Crippen LogP contribution in [0.5, 0.6) is 0 Å². The zero-order valence-corrected chi connectivity index (χ0v) is 10.3. The van der Waals surface area contributed by atoms with Crippen LogP contribution in [-0.4, -0.2) is 36.7 Å². The molecule has 1 aromatic rings. The highest BCUT2D eigenvalue weighted by Crippen LogP contribution is 2.17. The third kappa shape index (κ3) is 3.28. The van der Waals surface area contributed by atoms with E-state index in [4.69, 9.17) is 15.6 Å². The zero-order valence-electron chi connectivity index (χ0n) is 10.3. The van der Waals surface area contributed by atoms with Crippen molar-refractivity contribution in [2.24, 2.45) is 5.73 Å². The Kier molecular flexibility index (Phi) is 4.82. The van der Waals surface area contributed by atoms with Gasteiger partial charge >= 0.3 is 5.97 Å². The minimum absolute atomic E-state index is 0.0556. The molecular formula is C12H16N2O4. The molecule has 0 aliphatic carbocycles. The molecule has 1 amide bonds. The van der Waals surface area contributed by atoms with E-state index in [1.807, 2.05) is 0 Å². The number of carboxylic acids is 1. The lowest BCUT2D eigenvalue weighted by molar-refractivity contribution is -0.125. The van der Waals surface area contributed by atoms with E-state index >= 15 is 0 Å². The average Bonchev–Trinajstić information content (AvgIpc) is 2.33. The molecule has 0 saturated carbocycles. The number of rotatable bonds is 5. The summed E-state index contributed by atoms with van der Waals surface area (Å²) in [4.78, 5) is 22.6. The van der Waals surface area contributed by atoms with Crippen molar-refractivity contribution in [2.45, 2.75) is 13.0 Å². The minimum Gasteiger partial charge on any atom is -0.478 e. The van der Waals surface area contributed by atoms with Gasteiger partial charge in [-0.2, -0.15) is 0 Å². The number of ether oxygens (including phenoxy) is 1. The van der Waals surface area contributed by atoms with Gasteiger partial charge in [-0.25, -0.2) is 4.79 Å². The standard InChI is InChI=1S/C12H16N2O4/c1-7-3-4-8(12(16)17)5-9(7)14-11(15)10(6-13)18-2/h3-5,10H,6,13H2,1-2H3,(H,14,15)(H,16,17). The number of nitrogens with one attached hydrogen (secondary N) is 1. The predicted octanol–water partition coefficient (Wildman–Crippen LogP) is 0.605. The fourth-order valence-electron chi connectivity index (χ4n) is 1.41. The van der Waals surface area contributed by atoms with E-state index in [2.05, 4.69) is 5.32 Å². The maximum atomic E-state index is 11.7. The quantitative estimate of drug-likeness (QED) is 0.712. The van der Waals surface area contributed by atoms with Crippen molar-refractivity contribution in [2.75, 3.05) is 19.0 Å². The zero-order chi connectivity index (χ0) is 13.7. The number of aryl methyl sites for hydroxylation is 1. The molecule has 1 unspecified atom stereocenters. The van der Waals surface area contributed by atoms with Crippen LogP contribution in [0.1, 0.15) is 15.9 Å². The molecular weight excluding hydrogens is 236 g/mol. The molecule has 0 heterocycles. The monoisotopic (exact) mass is 252 g/mol. The molecule has 1 atom stereocenters. The Morgan fingerprint density at radius 3 is 2.67 bits per heavy atom. The molecule has 6 nitrogen and oxygen atoms in total. The molecule has 18 heavy (non-hydrogen) atoms. The number of carboxylic acid groups (broad SMARTS) is 1. The second-order valence-electron chi connectivity index (χ2n) is 3.78. The molecule has 0 bridgehead atoms. The van der Waals surface area contributed by atoms with Crippen LogP contribution in [0.25, 0.3) is 0 Å². The predicted molar refractivity (Wildman–Crippen MR) is 66.6 cm³/mol. The highest BCUT2D eigenvalue weighted by atomic mass is 16.5. The molecule has 98 valence electrons. The number of carbonyl (C=O) groups is 2. The number of benzene rings is 1. The fraction of sp³-hybridized carbons (Fsp3) is 0.333. The van der Waals surface area contributed by atoms with Crippen LogP contribution in [0.2, 0.25) is 0 Å². The SMILES string of the molecule is COC(CN)C(=O)Nc1cc(C(=O)O)ccc1C. The van der Waals surface area contributed by atoms with E-state index in [9.17, 15) is 9.59 Å². The van der Waals surface area contributed by atoms with Crippen molar-refractivity contribution in [1.82, 2.24) is 0 Å². The summed E-state index contributed by atoms with van der Waals surface area (Å²) in [6.45, 7) is 1.82. The summed E-state index contributed by atoms with van der Waals surface area (Å²) < 4.78 is 4.90. The maximum absolute atomic E-state index is 11.7. The summed E-state index contributed by atoms with van der Waals surface area (Å²) in [6.07, 6.45) is -0.752. The Morgan fingerprint density at radius 2 is 2.17 bits per heavy atom. The van der Waals surface area contributed by atoms with E-state index in [1.54, 1.807) is 13.0 Å². The van der Waals surface area contributed by atoms with Gasteiger partial charge in [-0.3, -0.25) is 4.79 Å². The van der Waals surface area contributed by atoms with Gasteiger partial charge in [-0.15, -0.1) is 0 Å². The van der Waals surface area contributed by atoms with Gasteiger partial charge in [0.1, 0.15) is 6.10 Å². The van der Waals surface area contributed by atoms with Crippen molar-refractivity contribution in [3.63, 3.8) is 0 Å². The number of hydrogen-bond donors (Lipinski definition) is 3. The lowest BCUT2D eigenvalue weighted by Crippen LogP contribution is -2.36. The highest BCUT2D eigenvalue weighted by Gasteiger charge is 2.17. The Labute approximate surface area is 105 Å². The summed E-state index contributed by atoms with van der Waals surface area (Å²) in [5.74, 6) is -1.45. The van der Waals surface area contributed by atoms with Gasteiger partial charge in [0.25, 0.3) is 5.91 Å². The molecule has 0 radical (unpaired) electrons. The van der Waals surface area contributed by atoms with E-state index in [0.29, 0.717) is 5.69 Å². The van der Waals surface area contributed by atoms with Crippen LogP contribution in [0.3, 0.4) is 0 Å². The summed E-state index contributed by atoms with van der Waals surface area (Å²) in [5.41, 5.74) is 6.69. The molecule has 0 aliphatic heterocycles. The van der Waals surface area contributed by atoms with Crippen molar-refractivity contribution < 1.29 is 19.4 Å². The van der Waals surface area contributed by atoms with Crippen LogP contribution >= 0.6 is 0 Å². The van der Waals surface area contributed by atoms with E-state index in [0.717, 1.165) is 5.56 Å². The molecule has 1 aromatic carbocycles. The highest BCUT2D eigenvalue weighted by molar-refractivity contribution is 5.97. The number of methoxy groups -OCH3 is 1. The van der Waals surface area contributed by atoms with Gasteiger partial charge in [0.2, 0.25) is 0 Å². The van der Waals surface area contributed by atoms with Crippen molar-refractivity contribution in [3.05, 3.63) is 29.3 Å². The lowest BCUT2D eigenvalue weighted by Gasteiger charge is -2.14. The third-order valence-corrected chi connectivity index (χ3v) is 2.53. The Bertz CT molecular complexity index is 455. The van der Waals surface area contributed by atoms with Gasteiger partial charge in [0.15, 0.2) is 0 Å². The van der Waals surface area contributed by atoms with Gasteiger partial charge in [0, 0.05) is 19.3 Å². The van der Waals surface area contributed by atoms with Crippen molar-refractivity contribution in [3.8, 4) is 0 Å². The summed E-state index contributed by atoms with van der Waals surface area (Å²) in [7, 11) is 1.39. The number of aromatic carboxylic acids is 1. The van der Waals surface area contributed by atoms with Gasteiger partial charge < -0.3 is 20.9 Å². The fourth-order valence-corrected chi connectivity index (χ4v) is 1.41. The average molecular weight is 252 g/mol. The first-order chi connectivity index (χ1) is 8.49. The van der Waals surface area contributed by atoms with Gasteiger partial charge in [-0.05, 0) is 24.6 Å². The second-order valence-corrected chi connectivity index (χ2v) is 3.78. The lowest BCUT2D eigenvalue weighted by atomic mass is 10.1. The van der Waals surface area contributed by atoms with Crippen LogP contribution in [-0.2, 0) is 9.53 Å². The third-order valence-electron chi connectivity index (χ3n) is 2.53. The number of carbonyl (C=O) groups excluding carboxylic acids is 1. The number of hydrogen-bond acceptors (Lipinski definition) is 4. The molecule has 0 aromatic heterocycles. The normalized spacial score (nSPS) is 11.9. The van der Waals surface area contributed by atoms with Crippen LogP contribution in [0, 0.1) is 6.92 Å². The molecule has 0 spiro atoms. The van der Waals surface area contributed by atoms with E-state index in [-0.39, 0.29) is 12.1 Å². The Balaban J connectivity index is 2.93. The smallest absolute Gasteiger partial charge is 0.335 e. The van der Waals surface area contributed by atoms with Crippen molar-refractivity contribution in [1.29, 1.82) is 0 Å². The first kappa shape index (κ1) is 14.1. The van der Waals surface area contributed by atoms with Crippen molar-refractivity contribution >= 4 is 17.6 Å². The number of amides is 1. The molecule has 4 N–H and O–H groups in total. The summed E-state index contributed by atoms with van der Waals surface area (Å²) in [6, 6.07) is 4.51. The topological polar surface area (TPSA) is 102 Å². The first-order valence-corrected chi connectivity index (χ1v) is 5.37. The minimum atomic E-state index is -1.05. The maximum Gasteiger partial charge on any atom is 0.335 e. The number of nitrogens with two attached hydrogens (primary N) is 1. The Morgan fingerprint density at radius 1 is 1.50 bits per heavy atom. The first-order valence-electron chi connectivity index (χ1n) is 5.37. The van der Waals surface area contributed by atoms with Crippen LogP contribution in [0.15, 0.2) is 18.2 Å². The molecule has 1 rings (SSSR count). The summed E-state index contributed by atoms with van der Waals surface area (Å²) in [5, 5.41) is 11.5. The van der Waals surface area contributed by atoms with Gasteiger partial charge in [-0.1, -0.05) is 6.07 Å². The molecule has 6 heteroatoms. The van der Waals surface area contributed by atoms with E-state index in [1.165, 1.54) is 19.2 Å². The van der Waals surface area contributed by atoms with Crippen LogP contribution in [0.4, 0.5) is 5.69 Å². The van der Waals surface area contributed by atoms with E-state index < -0.39 is 18.0 Å². The van der Waals surface area contributed by atoms with Gasteiger partial charge in [0.05, 0.1) is 5.56 Å². The summed E-state index contributed by atoms with van der Waals surface area (Å²) >= 11 is 0. The Hall–Kier alpha value is -1.92. The largest absolute Gasteiger partial charge is 0.478 e. The number of anilines is 1. The molecule has 0 fully saturated rings. The van der Waals surface area contributed by atoms with Crippen LogP contribution < -0.4 is 11.1 Å². The molecule has 0 aliphatic rings.